The molecule has 0 N–H and O–H groups in total. The van der Waals surface area contributed by atoms with Crippen LogP contribution in [0.3, 0.4) is 0 Å². The van der Waals surface area contributed by atoms with Crippen molar-refractivity contribution in [2.75, 3.05) is 6.61 Å². The molecule has 0 spiro atoms. The van der Waals surface area contributed by atoms with Crippen LogP contribution in [0.25, 0.3) is 6.08 Å². The molecule has 1 aromatic heterocycles. The third kappa shape index (κ3) is 3.31. The van der Waals surface area contributed by atoms with E-state index in [2.05, 4.69) is 9.97 Å². The lowest BCUT2D eigenvalue weighted by molar-refractivity contribution is 0.345. The Hall–Kier alpha value is -1.87. The van der Waals surface area contributed by atoms with Crippen molar-refractivity contribution in [3.8, 4) is 5.88 Å². The molecular weight excluding hydrogens is 248 g/mol. The molecule has 92 valence electrons. The highest BCUT2D eigenvalue weighted by atomic mass is 35.5. The van der Waals surface area contributed by atoms with Gasteiger partial charge in [-0.05, 0) is 18.6 Å². The molecule has 2 rings (SSSR count). The van der Waals surface area contributed by atoms with Gasteiger partial charge < -0.3 is 4.74 Å². The fourth-order valence-corrected chi connectivity index (χ4v) is 1.56. The Balaban J connectivity index is 1.93. The molecule has 0 aliphatic rings. The molecule has 0 radical (unpaired) electrons. The van der Waals surface area contributed by atoms with E-state index in [1.807, 2.05) is 49.4 Å². The van der Waals surface area contributed by atoms with Crippen LogP contribution in [-0.2, 0) is 0 Å². The second-order valence-corrected chi connectivity index (χ2v) is 4.08. The molecule has 4 heteroatoms. The Morgan fingerprint density at radius 2 is 2.00 bits per heavy atom. The predicted molar refractivity (Wildman–Crippen MR) is 72.8 cm³/mol. The summed E-state index contributed by atoms with van der Waals surface area (Å²) < 4.78 is 5.52. The lowest BCUT2D eigenvalue weighted by Crippen LogP contribution is -1.99. The molecule has 0 atom stereocenters. The molecule has 0 fully saturated rings. The largest absolute Gasteiger partial charge is 0.473 e. The average Bonchev–Trinajstić information content (AvgIpc) is 2.40. The number of nitrogens with zero attached hydrogens (tertiary/aromatic N) is 2. The van der Waals surface area contributed by atoms with Crippen LogP contribution < -0.4 is 4.74 Å². The zero-order valence-electron chi connectivity index (χ0n) is 10.0. The molecule has 0 amide bonds. The zero-order chi connectivity index (χ0) is 12.8. The Labute approximate surface area is 111 Å². The van der Waals surface area contributed by atoms with E-state index in [-0.39, 0.29) is 0 Å². The van der Waals surface area contributed by atoms with E-state index >= 15 is 0 Å². The second-order valence-electron chi connectivity index (χ2n) is 3.72. The standard InChI is InChI=1S/C14H13ClN2O/c1-11-13(15)16-10-17-14(11)18-9-5-8-12-6-3-2-4-7-12/h2-8,10H,9H2,1H3. The van der Waals surface area contributed by atoms with Crippen molar-refractivity contribution < 1.29 is 4.74 Å². The summed E-state index contributed by atoms with van der Waals surface area (Å²) in [6, 6.07) is 10.0. The van der Waals surface area contributed by atoms with Crippen LogP contribution in [0.15, 0.2) is 42.7 Å². The molecule has 0 bridgehead atoms. The van der Waals surface area contributed by atoms with E-state index in [0.717, 1.165) is 11.1 Å². The van der Waals surface area contributed by atoms with Crippen molar-refractivity contribution in [3.05, 3.63) is 59.0 Å². The molecule has 0 saturated carbocycles. The summed E-state index contributed by atoms with van der Waals surface area (Å²) in [6.45, 7) is 2.28. The minimum atomic E-state index is 0.423. The quantitative estimate of drug-likeness (QED) is 0.789. The number of rotatable bonds is 4. The summed E-state index contributed by atoms with van der Waals surface area (Å²) in [4.78, 5) is 7.90. The summed E-state index contributed by atoms with van der Waals surface area (Å²) in [5.41, 5.74) is 1.89. The molecule has 0 saturated heterocycles. The number of halogens is 1. The van der Waals surface area contributed by atoms with E-state index in [0.29, 0.717) is 17.6 Å². The normalized spacial score (nSPS) is 10.8. The van der Waals surface area contributed by atoms with Gasteiger partial charge in [0.25, 0.3) is 0 Å². The summed E-state index contributed by atoms with van der Waals surface area (Å²) >= 11 is 5.87. The molecule has 18 heavy (non-hydrogen) atoms. The molecule has 0 aliphatic carbocycles. The van der Waals surface area contributed by atoms with Gasteiger partial charge in [0.2, 0.25) is 5.88 Å². The van der Waals surface area contributed by atoms with Gasteiger partial charge in [-0.2, -0.15) is 0 Å². The minimum absolute atomic E-state index is 0.423. The van der Waals surface area contributed by atoms with Gasteiger partial charge in [0.05, 0.1) is 0 Å². The number of hydrogen-bond acceptors (Lipinski definition) is 3. The van der Waals surface area contributed by atoms with Crippen LogP contribution in [0.5, 0.6) is 5.88 Å². The Bertz CT molecular complexity index is 541. The van der Waals surface area contributed by atoms with Crippen molar-refractivity contribution in [2.24, 2.45) is 0 Å². The van der Waals surface area contributed by atoms with Crippen molar-refractivity contribution in [3.63, 3.8) is 0 Å². The fourth-order valence-electron chi connectivity index (χ4n) is 1.43. The van der Waals surface area contributed by atoms with E-state index in [4.69, 9.17) is 16.3 Å². The molecular formula is C14H13ClN2O. The minimum Gasteiger partial charge on any atom is -0.473 e. The first-order valence-electron chi connectivity index (χ1n) is 5.59. The molecule has 1 heterocycles. The number of ether oxygens (including phenoxy) is 1. The molecule has 1 aromatic carbocycles. The highest BCUT2D eigenvalue weighted by Crippen LogP contribution is 2.19. The van der Waals surface area contributed by atoms with Crippen LogP contribution >= 0.6 is 11.6 Å². The van der Waals surface area contributed by atoms with Crippen LogP contribution in [0.4, 0.5) is 0 Å². The zero-order valence-corrected chi connectivity index (χ0v) is 10.8. The molecule has 2 aromatic rings. The maximum absolute atomic E-state index is 5.87. The van der Waals surface area contributed by atoms with Crippen molar-refractivity contribution in [2.45, 2.75) is 6.92 Å². The lowest BCUT2D eigenvalue weighted by Gasteiger charge is -2.05. The van der Waals surface area contributed by atoms with Crippen LogP contribution in [0.2, 0.25) is 5.15 Å². The van der Waals surface area contributed by atoms with Crippen LogP contribution in [0, 0.1) is 6.92 Å². The highest BCUT2D eigenvalue weighted by molar-refractivity contribution is 6.30. The highest BCUT2D eigenvalue weighted by Gasteiger charge is 2.04. The first-order valence-corrected chi connectivity index (χ1v) is 5.96. The summed E-state index contributed by atoms with van der Waals surface area (Å²) in [7, 11) is 0. The van der Waals surface area contributed by atoms with Gasteiger partial charge in [-0.1, -0.05) is 48.0 Å². The van der Waals surface area contributed by atoms with Crippen molar-refractivity contribution in [1.82, 2.24) is 9.97 Å². The predicted octanol–water partition coefficient (Wildman–Crippen LogP) is 3.53. The summed E-state index contributed by atoms with van der Waals surface area (Å²) in [5.74, 6) is 0.521. The third-order valence-corrected chi connectivity index (χ3v) is 2.78. The van der Waals surface area contributed by atoms with E-state index < -0.39 is 0 Å². The molecule has 0 unspecified atom stereocenters. The maximum Gasteiger partial charge on any atom is 0.221 e. The Morgan fingerprint density at radius 3 is 2.78 bits per heavy atom. The average molecular weight is 261 g/mol. The summed E-state index contributed by atoms with van der Waals surface area (Å²) in [5, 5.41) is 0.423. The maximum atomic E-state index is 5.87. The Morgan fingerprint density at radius 1 is 1.22 bits per heavy atom. The van der Waals surface area contributed by atoms with E-state index in [1.54, 1.807) is 0 Å². The van der Waals surface area contributed by atoms with Gasteiger partial charge in [0, 0.05) is 5.56 Å². The third-order valence-electron chi connectivity index (χ3n) is 2.40. The van der Waals surface area contributed by atoms with Gasteiger partial charge in [0.15, 0.2) is 0 Å². The fraction of sp³-hybridized carbons (Fsp3) is 0.143. The molecule has 0 aliphatic heterocycles. The topological polar surface area (TPSA) is 35.0 Å². The SMILES string of the molecule is Cc1c(Cl)ncnc1OCC=Cc1ccccc1. The monoisotopic (exact) mass is 260 g/mol. The molecule has 3 nitrogen and oxygen atoms in total. The van der Waals surface area contributed by atoms with Crippen LogP contribution in [0.1, 0.15) is 11.1 Å². The van der Waals surface area contributed by atoms with Crippen molar-refractivity contribution >= 4 is 17.7 Å². The van der Waals surface area contributed by atoms with Gasteiger partial charge in [0.1, 0.15) is 18.1 Å². The Kier molecular flexibility index (Phi) is 4.31. The van der Waals surface area contributed by atoms with Gasteiger partial charge in [-0.15, -0.1) is 0 Å². The van der Waals surface area contributed by atoms with Crippen LogP contribution in [-0.4, -0.2) is 16.6 Å². The number of benzene rings is 1. The van der Waals surface area contributed by atoms with Crippen molar-refractivity contribution in [1.29, 1.82) is 0 Å². The van der Waals surface area contributed by atoms with E-state index in [9.17, 15) is 0 Å². The first kappa shape index (κ1) is 12.6. The van der Waals surface area contributed by atoms with Gasteiger partial charge >= 0.3 is 0 Å². The van der Waals surface area contributed by atoms with Gasteiger partial charge in [-0.25, -0.2) is 9.97 Å². The second kappa shape index (κ2) is 6.17. The lowest BCUT2D eigenvalue weighted by atomic mass is 10.2. The summed E-state index contributed by atoms with van der Waals surface area (Å²) in [6.07, 6.45) is 5.33. The van der Waals surface area contributed by atoms with E-state index in [1.165, 1.54) is 6.33 Å². The van der Waals surface area contributed by atoms with Gasteiger partial charge in [-0.3, -0.25) is 0 Å². The smallest absolute Gasteiger partial charge is 0.221 e. The first-order chi connectivity index (χ1) is 8.77. The number of hydrogen-bond donors (Lipinski definition) is 0. The number of aromatic nitrogens is 2.